The van der Waals surface area contributed by atoms with Crippen LogP contribution in [0.25, 0.3) is 0 Å². The van der Waals surface area contributed by atoms with Crippen LogP contribution in [0.4, 0.5) is 5.69 Å². The van der Waals surface area contributed by atoms with E-state index in [1.807, 2.05) is 11.8 Å². The van der Waals surface area contributed by atoms with Crippen LogP contribution in [0, 0.1) is 0 Å². The van der Waals surface area contributed by atoms with Crippen LogP contribution in [0.3, 0.4) is 0 Å². The van der Waals surface area contributed by atoms with Crippen molar-refractivity contribution in [2.24, 2.45) is 0 Å². The van der Waals surface area contributed by atoms with E-state index in [0.717, 1.165) is 24.7 Å². The number of thioether (sulfide) groups is 1. The monoisotopic (exact) mass is 290 g/mol. The molecule has 1 aromatic rings. The first-order valence-electron chi connectivity index (χ1n) is 7.97. The van der Waals surface area contributed by atoms with Crippen molar-refractivity contribution in [1.82, 2.24) is 5.32 Å². The molecule has 2 nitrogen and oxygen atoms in total. The highest BCUT2D eigenvalue weighted by atomic mass is 32.2. The van der Waals surface area contributed by atoms with Crippen molar-refractivity contribution in [2.45, 2.75) is 62.0 Å². The van der Waals surface area contributed by atoms with Gasteiger partial charge in [-0.1, -0.05) is 6.92 Å². The Balaban J connectivity index is 1.78. The maximum atomic E-state index is 3.67. The highest BCUT2D eigenvalue weighted by Gasteiger charge is 2.37. The van der Waals surface area contributed by atoms with Crippen LogP contribution in [0.15, 0.2) is 29.2 Å². The van der Waals surface area contributed by atoms with Gasteiger partial charge in [0.05, 0.1) is 0 Å². The maximum Gasteiger partial charge on any atom is 0.0372 e. The van der Waals surface area contributed by atoms with Crippen molar-refractivity contribution in [3.05, 3.63) is 24.3 Å². The first kappa shape index (κ1) is 14.3. The number of nitrogens with zero attached hydrogens (tertiary/aromatic N) is 1. The van der Waals surface area contributed by atoms with Crippen molar-refractivity contribution < 1.29 is 0 Å². The molecule has 1 aromatic carbocycles. The molecule has 3 rings (SSSR count). The summed E-state index contributed by atoms with van der Waals surface area (Å²) in [7, 11) is 0. The Bertz CT molecular complexity index is 417. The van der Waals surface area contributed by atoms with E-state index < -0.39 is 0 Å². The average Bonchev–Trinajstić information content (AvgIpc) is 2.47. The van der Waals surface area contributed by atoms with Crippen molar-refractivity contribution in [3.8, 4) is 0 Å². The number of anilines is 1. The number of benzene rings is 1. The van der Waals surface area contributed by atoms with Gasteiger partial charge in [-0.3, -0.25) is 0 Å². The van der Waals surface area contributed by atoms with Gasteiger partial charge in [-0.25, -0.2) is 0 Å². The fraction of sp³-hybridized carbons (Fsp3) is 0.647. The smallest absolute Gasteiger partial charge is 0.0372 e. The fourth-order valence-electron chi connectivity index (χ4n) is 4.01. The summed E-state index contributed by atoms with van der Waals surface area (Å²) >= 11 is 1.82. The molecule has 0 radical (unpaired) electrons. The lowest BCUT2D eigenvalue weighted by atomic mass is 9.81. The van der Waals surface area contributed by atoms with Gasteiger partial charge in [0.1, 0.15) is 0 Å². The first-order chi connectivity index (χ1) is 9.81. The van der Waals surface area contributed by atoms with Gasteiger partial charge in [-0.05, 0) is 69.2 Å². The SMILES string of the molecule is CCNC1CC2CCCC(C1)N2c1ccc(SC)cc1. The number of piperidine rings is 2. The molecule has 2 atom stereocenters. The molecule has 2 saturated heterocycles. The highest BCUT2D eigenvalue weighted by Crippen LogP contribution is 2.38. The standard InChI is InChI=1S/C17H26N2S/c1-3-18-13-11-15-5-4-6-16(12-13)19(15)14-7-9-17(20-2)10-8-14/h7-10,13,15-16,18H,3-6,11-12H2,1-2H3. The van der Waals surface area contributed by atoms with Crippen molar-refractivity contribution in [3.63, 3.8) is 0 Å². The lowest BCUT2D eigenvalue weighted by Gasteiger charge is -2.50. The lowest BCUT2D eigenvalue weighted by Crippen LogP contribution is -2.56. The molecule has 0 aromatic heterocycles. The summed E-state index contributed by atoms with van der Waals surface area (Å²) in [6, 6.07) is 11.4. The second-order valence-corrected chi connectivity index (χ2v) is 6.95. The largest absolute Gasteiger partial charge is 0.365 e. The Kier molecular flexibility index (Phi) is 4.57. The molecule has 2 aliphatic rings. The van der Waals surface area contributed by atoms with E-state index in [0.29, 0.717) is 0 Å². The molecule has 2 fully saturated rings. The third-order valence-corrected chi connectivity index (χ3v) is 5.58. The van der Waals surface area contributed by atoms with Gasteiger partial charge >= 0.3 is 0 Å². The van der Waals surface area contributed by atoms with Crippen LogP contribution in [0.2, 0.25) is 0 Å². The van der Waals surface area contributed by atoms with Gasteiger partial charge in [0.2, 0.25) is 0 Å². The van der Waals surface area contributed by atoms with Crippen molar-refractivity contribution in [2.75, 3.05) is 17.7 Å². The van der Waals surface area contributed by atoms with Crippen LogP contribution in [-0.2, 0) is 0 Å². The van der Waals surface area contributed by atoms with Crippen LogP contribution in [0.1, 0.15) is 39.0 Å². The minimum Gasteiger partial charge on any atom is -0.365 e. The zero-order valence-electron chi connectivity index (χ0n) is 12.6. The molecule has 1 N–H and O–H groups in total. The predicted molar refractivity (Wildman–Crippen MR) is 88.8 cm³/mol. The molecular formula is C17H26N2S. The molecule has 2 bridgehead atoms. The second kappa shape index (κ2) is 6.40. The van der Waals surface area contributed by atoms with E-state index in [1.165, 1.54) is 42.7 Å². The van der Waals surface area contributed by atoms with E-state index in [4.69, 9.17) is 0 Å². The number of hydrogen-bond acceptors (Lipinski definition) is 3. The fourth-order valence-corrected chi connectivity index (χ4v) is 4.42. The van der Waals surface area contributed by atoms with Crippen molar-refractivity contribution in [1.29, 1.82) is 0 Å². The Morgan fingerprint density at radius 2 is 1.80 bits per heavy atom. The predicted octanol–water partition coefficient (Wildman–Crippen LogP) is 3.91. The minimum atomic E-state index is 0.733. The van der Waals surface area contributed by atoms with E-state index in [-0.39, 0.29) is 0 Å². The number of rotatable bonds is 4. The quantitative estimate of drug-likeness (QED) is 0.847. The summed E-state index contributed by atoms with van der Waals surface area (Å²) in [4.78, 5) is 4.09. The normalized spacial score (nSPS) is 29.5. The average molecular weight is 290 g/mol. The summed E-state index contributed by atoms with van der Waals surface area (Å²) in [5, 5.41) is 3.67. The van der Waals surface area contributed by atoms with Gasteiger partial charge in [-0.2, -0.15) is 0 Å². The Labute approximate surface area is 127 Å². The number of hydrogen-bond donors (Lipinski definition) is 1. The van der Waals surface area contributed by atoms with E-state index >= 15 is 0 Å². The highest BCUT2D eigenvalue weighted by molar-refractivity contribution is 7.98. The Hall–Kier alpha value is -0.670. The Morgan fingerprint density at radius 3 is 2.35 bits per heavy atom. The molecular weight excluding hydrogens is 264 g/mol. The van der Waals surface area contributed by atoms with Crippen LogP contribution in [0.5, 0.6) is 0 Å². The Morgan fingerprint density at radius 1 is 1.15 bits per heavy atom. The van der Waals surface area contributed by atoms with E-state index in [1.54, 1.807) is 0 Å². The van der Waals surface area contributed by atoms with Crippen molar-refractivity contribution >= 4 is 17.4 Å². The topological polar surface area (TPSA) is 15.3 Å². The molecule has 20 heavy (non-hydrogen) atoms. The molecule has 0 aliphatic carbocycles. The number of nitrogens with one attached hydrogen (secondary N) is 1. The first-order valence-corrected chi connectivity index (χ1v) is 9.20. The van der Waals surface area contributed by atoms with Gasteiger partial charge < -0.3 is 10.2 Å². The summed E-state index contributed by atoms with van der Waals surface area (Å²) in [6.45, 7) is 3.33. The summed E-state index contributed by atoms with van der Waals surface area (Å²) in [5.41, 5.74) is 1.44. The van der Waals surface area contributed by atoms with E-state index in [9.17, 15) is 0 Å². The van der Waals surface area contributed by atoms with E-state index in [2.05, 4.69) is 47.7 Å². The summed E-state index contributed by atoms with van der Waals surface area (Å²) in [6.07, 6.45) is 8.91. The minimum absolute atomic E-state index is 0.733. The van der Waals surface area contributed by atoms with Gasteiger partial charge in [0.25, 0.3) is 0 Å². The van der Waals surface area contributed by atoms with Gasteiger partial charge in [-0.15, -0.1) is 11.8 Å². The maximum absolute atomic E-state index is 3.67. The molecule has 0 amide bonds. The lowest BCUT2D eigenvalue weighted by molar-refractivity contribution is 0.247. The molecule has 3 heteroatoms. The van der Waals surface area contributed by atoms with Crippen LogP contribution < -0.4 is 10.2 Å². The molecule has 2 aliphatic heterocycles. The molecule has 2 unspecified atom stereocenters. The number of fused-ring (bicyclic) bond motifs is 2. The summed E-state index contributed by atoms with van der Waals surface area (Å²) < 4.78 is 0. The molecule has 2 heterocycles. The zero-order chi connectivity index (χ0) is 13.9. The molecule has 0 spiro atoms. The van der Waals surface area contributed by atoms with Crippen LogP contribution in [-0.4, -0.2) is 30.9 Å². The zero-order valence-corrected chi connectivity index (χ0v) is 13.5. The van der Waals surface area contributed by atoms with Gasteiger partial charge in [0.15, 0.2) is 0 Å². The second-order valence-electron chi connectivity index (χ2n) is 6.07. The van der Waals surface area contributed by atoms with Gasteiger partial charge in [0, 0.05) is 28.7 Å². The third-order valence-electron chi connectivity index (χ3n) is 4.84. The third kappa shape index (κ3) is 2.84. The molecule has 0 saturated carbocycles. The van der Waals surface area contributed by atoms with Crippen LogP contribution >= 0.6 is 11.8 Å². The summed E-state index contributed by atoms with van der Waals surface area (Å²) in [5.74, 6) is 0. The molecule has 110 valence electrons.